The fourth-order valence-electron chi connectivity index (χ4n) is 4.57. The smallest absolute Gasteiger partial charge is 0.262 e. The summed E-state index contributed by atoms with van der Waals surface area (Å²) in [7, 11) is 1.84. The van der Waals surface area contributed by atoms with Crippen LogP contribution in [-0.4, -0.2) is 52.4 Å². The molecule has 3 aromatic rings. The molecule has 1 N–H and O–H groups in total. The number of amides is 2. The Labute approximate surface area is 223 Å². The Morgan fingerprint density at radius 1 is 0.973 bits per heavy atom. The van der Waals surface area contributed by atoms with Crippen LogP contribution in [0.4, 0.5) is 5.69 Å². The van der Waals surface area contributed by atoms with E-state index in [0.29, 0.717) is 52.3 Å². The van der Waals surface area contributed by atoms with Crippen molar-refractivity contribution in [1.82, 2.24) is 9.47 Å². The lowest BCUT2D eigenvalue weighted by atomic mass is 10.1. The number of rotatable bonds is 11. The van der Waals surface area contributed by atoms with Crippen molar-refractivity contribution < 1.29 is 19.5 Å². The first-order chi connectivity index (χ1) is 17.6. The zero-order chi connectivity index (χ0) is 27.1. The molecular weight excluding hydrogens is 490 g/mol. The first-order valence-corrected chi connectivity index (χ1v) is 13.2. The SMILES string of the molecule is CCCCN(C)C(=O)CCCCCN(C(C)=O)c1c(C)n(C(=O)c2ccc(Cl)cc2)c2ccc(O)cc12. The number of anilines is 1. The second-order valence-corrected chi connectivity index (χ2v) is 9.87. The van der Waals surface area contributed by atoms with Gasteiger partial charge in [-0.1, -0.05) is 31.4 Å². The van der Waals surface area contributed by atoms with E-state index in [-0.39, 0.29) is 23.5 Å². The second-order valence-electron chi connectivity index (χ2n) is 9.43. The molecule has 198 valence electrons. The molecule has 0 radical (unpaired) electrons. The minimum atomic E-state index is -0.245. The number of aromatic hydroxyl groups is 1. The number of carbonyl (C=O) groups is 3. The number of carbonyl (C=O) groups excluding carboxylic acids is 3. The number of aromatic nitrogens is 1. The van der Waals surface area contributed by atoms with E-state index in [1.807, 2.05) is 7.05 Å². The third-order valence-electron chi connectivity index (χ3n) is 6.64. The normalized spacial score (nSPS) is 11.1. The van der Waals surface area contributed by atoms with Gasteiger partial charge in [0, 0.05) is 55.1 Å². The minimum absolute atomic E-state index is 0.0547. The highest BCUT2D eigenvalue weighted by molar-refractivity contribution is 6.30. The zero-order valence-electron chi connectivity index (χ0n) is 22.1. The molecule has 37 heavy (non-hydrogen) atoms. The molecule has 0 bridgehead atoms. The maximum atomic E-state index is 13.5. The van der Waals surface area contributed by atoms with Crippen molar-refractivity contribution >= 4 is 45.9 Å². The van der Waals surface area contributed by atoms with Gasteiger partial charge in [0.1, 0.15) is 5.75 Å². The molecule has 8 heteroatoms. The van der Waals surface area contributed by atoms with Gasteiger partial charge in [-0.05, 0) is 68.7 Å². The Hall–Kier alpha value is -3.32. The van der Waals surface area contributed by atoms with Gasteiger partial charge in [-0.2, -0.15) is 0 Å². The molecule has 3 rings (SSSR count). The van der Waals surface area contributed by atoms with Crippen LogP contribution in [0.3, 0.4) is 0 Å². The number of nitrogens with zero attached hydrogens (tertiary/aromatic N) is 3. The van der Waals surface area contributed by atoms with Gasteiger partial charge in [0.15, 0.2) is 0 Å². The van der Waals surface area contributed by atoms with Crippen molar-refractivity contribution in [1.29, 1.82) is 0 Å². The molecule has 1 aromatic heterocycles. The van der Waals surface area contributed by atoms with Crippen LogP contribution in [0.25, 0.3) is 10.9 Å². The van der Waals surface area contributed by atoms with Gasteiger partial charge >= 0.3 is 0 Å². The molecule has 0 unspecified atom stereocenters. The quantitative estimate of drug-likeness (QED) is 0.303. The number of halogens is 1. The predicted molar refractivity (Wildman–Crippen MR) is 149 cm³/mol. The molecule has 7 nitrogen and oxygen atoms in total. The third kappa shape index (κ3) is 6.72. The van der Waals surface area contributed by atoms with E-state index in [9.17, 15) is 19.5 Å². The van der Waals surface area contributed by atoms with E-state index in [2.05, 4.69) is 6.92 Å². The Balaban J connectivity index is 1.82. The summed E-state index contributed by atoms with van der Waals surface area (Å²) in [6.45, 7) is 6.63. The van der Waals surface area contributed by atoms with Crippen molar-refractivity contribution in [3.05, 3.63) is 58.7 Å². The van der Waals surface area contributed by atoms with Crippen LogP contribution >= 0.6 is 11.6 Å². The van der Waals surface area contributed by atoms with Crippen molar-refractivity contribution in [2.75, 3.05) is 25.0 Å². The number of phenols is 1. The molecule has 2 amide bonds. The molecule has 1 heterocycles. The molecule has 0 fully saturated rings. The van der Waals surface area contributed by atoms with E-state index in [4.69, 9.17) is 11.6 Å². The van der Waals surface area contributed by atoms with Crippen LogP contribution in [0, 0.1) is 6.92 Å². The summed E-state index contributed by atoms with van der Waals surface area (Å²) in [6, 6.07) is 11.5. The van der Waals surface area contributed by atoms with Crippen molar-refractivity contribution in [2.45, 2.75) is 59.3 Å². The molecule has 0 aliphatic heterocycles. The summed E-state index contributed by atoms with van der Waals surface area (Å²) in [4.78, 5) is 42.0. The number of fused-ring (bicyclic) bond motifs is 1. The Bertz CT molecular complexity index is 1270. The highest BCUT2D eigenvalue weighted by Gasteiger charge is 2.25. The average Bonchev–Trinajstić information content (AvgIpc) is 3.14. The van der Waals surface area contributed by atoms with Crippen LogP contribution in [0.15, 0.2) is 42.5 Å². The fraction of sp³-hybridized carbons (Fsp3) is 0.414. The van der Waals surface area contributed by atoms with Gasteiger partial charge in [-0.15, -0.1) is 0 Å². The summed E-state index contributed by atoms with van der Waals surface area (Å²) < 4.78 is 1.58. The van der Waals surface area contributed by atoms with Crippen molar-refractivity contribution in [2.24, 2.45) is 0 Å². The van der Waals surface area contributed by atoms with Gasteiger partial charge in [0.25, 0.3) is 5.91 Å². The van der Waals surface area contributed by atoms with Gasteiger partial charge in [-0.3, -0.25) is 19.0 Å². The maximum Gasteiger partial charge on any atom is 0.262 e. The van der Waals surface area contributed by atoms with Crippen LogP contribution in [-0.2, 0) is 9.59 Å². The number of unbranched alkanes of at least 4 members (excludes halogenated alkanes) is 3. The molecule has 0 saturated carbocycles. The van der Waals surface area contributed by atoms with E-state index < -0.39 is 0 Å². The van der Waals surface area contributed by atoms with E-state index in [1.54, 1.807) is 57.7 Å². The number of phenolic OH excluding ortho intramolecular Hbond substituents is 1. The first-order valence-electron chi connectivity index (χ1n) is 12.8. The summed E-state index contributed by atoms with van der Waals surface area (Å²) in [5, 5.41) is 11.4. The summed E-state index contributed by atoms with van der Waals surface area (Å²) in [5.41, 5.74) is 2.30. The van der Waals surface area contributed by atoms with Crippen LogP contribution in [0.5, 0.6) is 5.75 Å². The monoisotopic (exact) mass is 525 g/mol. The van der Waals surface area contributed by atoms with Gasteiger partial charge in [-0.25, -0.2) is 0 Å². The highest BCUT2D eigenvalue weighted by Crippen LogP contribution is 2.36. The zero-order valence-corrected chi connectivity index (χ0v) is 22.8. The Kier molecular flexibility index (Phi) is 9.75. The number of hydrogen-bond donors (Lipinski definition) is 1. The molecule has 0 atom stereocenters. The maximum absolute atomic E-state index is 13.5. The molecule has 0 saturated heterocycles. The van der Waals surface area contributed by atoms with Gasteiger partial charge < -0.3 is 14.9 Å². The molecule has 0 aliphatic carbocycles. The molecule has 2 aromatic carbocycles. The topological polar surface area (TPSA) is 82.9 Å². The summed E-state index contributed by atoms with van der Waals surface area (Å²) >= 11 is 6.00. The van der Waals surface area contributed by atoms with Crippen LogP contribution < -0.4 is 4.90 Å². The van der Waals surface area contributed by atoms with E-state index in [1.165, 1.54) is 13.0 Å². The average molecular weight is 526 g/mol. The molecule has 0 aliphatic rings. The van der Waals surface area contributed by atoms with E-state index >= 15 is 0 Å². The highest BCUT2D eigenvalue weighted by atomic mass is 35.5. The lowest BCUT2D eigenvalue weighted by molar-refractivity contribution is -0.130. The minimum Gasteiger partial charge on any atom is -0.508 e. The Morgan fingerprint density at radius 3 is 2.32 bits per heavy atom. The lowest BCUT2D eigenvalue weighted by Gasteiger charge is -2.22. The van der Waals surface area contributed by atoms with Crippen molar-refractivity contribution in [3.8, 4) is 5.75 Å². The summed E-state index contributed by atoms with van der Waals surface area (Å²) in [5.74, 6) is -0.198. The van der Waals surface area contributed by atoms with Gasteiger partial charge in [0.05, 0.1) is 11.2 Å². The largest absolute Gasteiger partial charge is 0.508 e. The second kappa shape index (κ2) is 12.8. The Morgan fingerprint density at radius 2 is 1.68 bits per heavy atom. The number of benzene rings is 2. The molecular formula is C29H36ClN3O4. The van der Waals surface area contributed by atoms with E-state index in [0.717, 1.165) is 32.2 Å². The number of hydrogen-bond acceptors (Lipinski definition) is 4. The lowest BCUT2D eigenvalue weighted by Crippen LogP contribution is -2.30. The molecule has 0 spiro atoms. The fourth-order valence-corrected chi connectivity index (χ4v) is 4.70. The van der Waals surface area contributed by atoms with Crippen LogP contribution in [0.2, 0.25) is 5.02 Å². The standard InChI is InChI=1S/C29H36ClN3O4/c1-5-6-17-31(4)27(36)10-8-7-9-18-32(21(3)34)28-20(2)33(26-16-15-24(35)19-25(26)28)29(37)22-11-13-23(30)14-12-22/h11-16,19,35H,5-10,17-18H2,1-4H3. The van der Waals surface area contributed by atoms with Crippen molar-refractivity contribution in [3.63, 3.8) is 0 Å². The first kappa shape index (κ1) is 28.3. The third-order valence-corrected chi connectivity index (χ3v) is 6.90. The predicted octanol–water partition coefficient (Wildman–Crippen LogP) is 6.17. The van der Waals surface area contributed by atoms with Crippen LogP contribution in [0.1, 0.15) is 68.4 Å². The summed E-state index contributed by atoms with van der Waals surface area (Å²) in [6.07, 6.45) is 4.79. The van der Waals surface area contributed by atoms with Gasteiger partial charge in [0.2, 0.25) is 11.8 Å².